The van der Waals surface area contributed by atoms with Crippen LogP contribution in [0.2, 0.25) is 0 Å². The molecular formula is C10H20N2O3. The highest BCUT2D eigenvalue weighted by Gasteiger charge is 2.30. The summed E-state index contributed by atoms with van der Waals surface area (Å²) < 4.78 is 5.15. The Labute approximate surface area is 90.3 Å². The quantitative estimate of drug-likeness (QED) is 0.683. The highest BCUT2D eigenvalue weighted by molar-refractivity contribution is 5.68. The Morgan fingerprint density at radius 1 is 1.40 bits per heavy atom. The van der Waals surface area contributed by atoms with E-state index in [4.69, 9.17) is 15.5 Å². The smallest absolute Gasteiger partial charge is 0.407 e. The third-order valence-corrected chi connectivity index (χ3v) is 2.33. The summed E-state index contributed by atoms with van der Waals surface area (Å²) in [7, 11) is 0. The van der Waals surface area contributed by atoms with Crippen molar-refractivity contribution in [2.75, 3.05) is 0 Å². The van der Waals surface area contributed by atoms with Crippen molar-refractivity contribution in [1.29, 1.82) is 0 Å². The van der Waals surface area contributed by atoms with Gasteiger partial charge in [-0.05, 0) is 40.0 Å². The van der Waals surface area contributed by atoms with Crippen LogP contribution in [0.5, 0.6) is 0 Å². The van der Waals surface area contributed by atoms with Crippen LogP contribution in [0.25, 0.3) is 0 Å². The molecule has 0 spiro atoms. The summed E-state index contributed by atoms with van der Waals surface area (Å²) in [6, 6.07) is -0.0233. The Bertz CT molecular complexity index is 225. The molecule has 0 heterocycles. The van der Waals surface area contributed by atoms with E-state index < -0.39 is 11.7 Å². The Kier molecular flexibility index (Phi) is 3.93. The molecule has 1 aliphatic carbocycles. The average molecular weight is 216 g/mol. The summed E-state index contributed by atoms with van der Waals surface area (Å²) in [5, 5.41) is 2.77. The fourth-order valence-corrected chi connectivity index (χ4v) is 1.71. The van der Waals surface area contributed by atoms with Gasteiger partial charge < -0.3 is 10.1 Å². The van der Waals surface area contributed by atoms with Gasteiger partial charge in [-0.1, -0.05) is 0 Å². The van der Waals surface area contributed by atoms with Gasteiger partial charge in [0.2, 0.25) is 0 Å². The molecule has 0 aromatic heterocycles. The van der Waals surface area contributed by atoms with Crippen LogP contribution in [-0.4, -0.2) is 23.8 Å². The molecule has 1 saturated carbocycles. The van der Waals surface area contributed by atoms with Gasteiger partial charge in [-0.3, -0.25) is 4.84 Å². The molecule has 1 rings (SSSR count). The molecule has 1 amide bonds. The molecule has 0 unspecified atom stereocenters. The van der Waals surface area contributed by atoms with Crippen molar-refractivity contribution < 1.29 is 14.4 Å². The molecule has 1 aliphatic rings. The lowest BCUT2D eigenvalue weighted by molar-refractivity contribution is 0.0237. The first-order valence-electron chi connectivity index (χ1n) is 5.27. The first-order chi connectivity index (χ1) is 6.92. The molecule has 0 aromatic rings. The second-order valence-electron chi connectivity index (χ2n) is 4.86. The SMILES string of the molecule is CC(C)(C)OC(=O)N[C@H]1CCC[C@H]1ON. The van der Waals surface area contributed by atoms with Crippen LogP contribution in [0.3, 0.4) is 0 Å². The van der Waals surface area contributed by atoms with Crippen molar-refractivity contribution >= 4 is 6.09 Å². The fraction of sp³-hybridized carbons (Fsp3) is 0.900. The van der Waals surface area contributed by atoms with E-state index in [2.05, 4.69) is 5.32 Å². The molecule has 0 aromatic carbocycles. The maximum Gasteiger partial charge on any atom is 0.407 e. The molecule has 5 heteroatoms. The highest BCUT2D eigenvalue weighted by atomic mass is 16.6. The first-order valence-corrected chi connectivity index (χ1v) is 5.27. The zero-order valence-electron chi connectivity index (χ0n) is 9.58. The summed E-state index contributed by atoms with van der Waals surface area (Å²) in [5.41, 5.74) is -0.470. The zero-order chi connectivity index (χ0) is 11.5. The molecule has 0 radical (unpaired) electrons. The van der Waals surface area contributed by atoms with Crippen LogP contribution in [0.4, 0.5) is 4.79 Å². The van der Waals surface area contributed by atoms with Crippen molar-refractivity contribution in [3.05, 3.63) is 0 Å². The van der Waals surface area contributed by atoms with Gasteiger partial charge in [-0.15, -0.1) is 0 Å². The number of hydrogen-bond donors (Lipinski definition) is 2. The minimum Gasteiger partial charge on any atom is -0.444 e. The van der Waals surface area contributed by atoms with Gasteiger partial charge in [0.1, 0.15) is 5.60 Å². The molecule has 0 bridgehead atoms. The minimum atomic E-state index is -0.470. The Morgan fingerprint density at radius 2 is 2.07 bits per heavy atom. The van der Waals surface area contributed by atoms with Gasteiger partial charge in [-0.2, -0.15) is 0 Å². The molecular weight excluding hydrogens is 196 g/mol. The normalized spacial score (nSPS) is 26.4. The first kappa shape index (κ1) is 12.3. The van der Waals surface area contributed by atoms with Crippen LogP contribution in [0, 0.1) is 0 Å². The monoisotopic (exact) mass is 216 g/mol. The van der Waals surface area contributed by atoms with Gasteiger partial charge in [0, 0.05) is 0 Å². The van der Waals surface area contributed by atoms with Crippen LogP contribution in [0.15, 0.2) is 0 Å². The maximum atomic E-state index is 11.4. The molecule has 1 fully saturated rings. The van der Waals surface area contributed by atoms with Crippen molar-refractivity contribution in [3.8, 4) is 0 Å². The van der Waals surface area contributed by atoms with Crippen molar-refractivity contribution in [2.45, 2.75) is 57.8 Å². The molecule has 0 aliphatic heterocycles. The number of nitrogens with two attached hydrogens (primary N) is 1. The van der Waals surface area contributed by atoms with E-state index >= 15 is 0 Å². The lowest BCUT2D eigenvalue weighted by Crippen LogP contribution is -2.44. The lowest BCUT2D eigenvalue weighted by Gasteiger charge is -2.23. The Morgan fingerprint density at radius 3 is 2.60 bits per heavy atom. The van der Waals surface area contributed by atoms with Gasteiger partial charge >= 0.3 is 6.09 Å². The standard InChI is InChI=1S/C10H20N2O3/c1-10(2,3)14-9(13)12-7-5-4-6-8(7)15-11/h7-8H,4-6,11H2,1-3H3,(H,12,13)/t7-,8+/m0/s1. The van der Waals surface area contributed by atoms with E-state index in [9.17, 15) is 4.79 Å². The van der Waals surface area contributed by atoms with E-state index in [0.29, 0.717) is 0 Å². The number of rotatable bonds is 2. The fourth-order valence-electron chi connectivity index (χ4n) is 1.71. The summed E-state index contributed by atoms with van der Waals surface area (Å²) in [6.07, 6.45) is 2.30. The summed E-state index contributed by atoms with van der Waals surface area (Å²) in [6.45, 7) is 5.49. The van der Waals surface area contributed by atoms with Crippen molar-refractivity contribution in [3.63, 3.8) is 0 Å². The maximum absolute atomic E-state index is 11.4. The second kappa shape index (κ2) is 4.81. The second-order valence-corrected chi connectivity index (χ2v) is 4.86. The summed E-state index contributed by atoms with van der Waals surface area (Å²) in [5.74, 6) is 5.14. The number of hydrogen-bond acceptors (Lipinski definition) is 4. The third kappa shape index (κ3) is 4.05. The molecule has 88 valence electrons. The van der Waals surface area contributed by atoms with Crippen LogP contribution in [0.1, 0.15) is 40.0 Å². The number of carbonyl (C=O) groups is 1. The third-order valence-electron chi connectivity index (χ3n) is 2.33. The minimum absolute atomic E-state index is 0.0233. The van der Waals surface area contributed by atoms with E-state index in [1.807, 2.05) is 20.8 Å². The van der Waals surface area contributed by atoms with Crippen LogP contribution in [-0.2, 0) is 9.57 Å². The topological polar surface area (TPSA) is 73.6 Å². The zero-order valence-corrected chi connectivity index (χ0v) is 9.58. The predicted molar refractivity (Wildman–Crippen MR) is 56.1 cm³/mol. The lowest BCUT2D eigenvalue weighted by atomic mass is 10.2. The van der Waals surface area contributed by atoms with E-state index in [1.54, 1.807) is 0 Å². The van der Waals surface area contributed by atoms with Gasteiger partial charge in [-0.25, -0.2) is 10.7 Å². The Balaban J connectivity index is 2.37. The number of carbonyl (C=O) groups excluding carboxylic acids is 1. The van der Waals surface area contributed by atoms with E-state index in [-0.39, 0.29) is 12.1 Å². The predicted octanol–water partition coefficient (Wildman–Crippen LogP) is 1.32. The van der Waals surface area contributed by atoms with Crippen molar-refractivity contribution in [1.82, 2.24) is 5.32 Å². The molecule has 15 heavy (non-hydrogen) atoms. The average Bonchev–Trinajstić information content (AvgIpc) is 2.48. The number of nitrogens with one attached hydrogen (secondary N) is 1. The number of amides is 1. The molecule has 2 atom stereocenters. The van der Waals surface area contributed by atoms with Crippen LogP contribution >= 0.6 is 0 Å². The molecule has 3 N–H and O–H groups in total. The largest absolute Gasteiger partial charge is 0.444 e. The van der Waals surface area contributed by atoms with E-state index in [1.165, 1.54) is 0 Å². The molecule has 0 saturated heterocycles. The number of ether oxygens (including phenoxy) is 1. The van der Waals surface area contributed by atoms with Gasteiger partial charge in [0.05, 0.1) is 12.1 Å². The summed E-state index contributed by atoms with van der Waals surface area (Å²) in [4.78, 5) is 16.2. The molecule has 5 nitrogen and oxygen atoms in total. The highest BCUT2D eigenvalue weighted by Crippen LogP contribution is 2.21. The summed E-state index contributed by atoms with van der Waals surface area (Å²) >= 11 is 0. The van der Waals surface area contributed by atoms with E-state index in [0.717, 1.165) is 19.3 Å². The van der Waals surface area contributed by atoms with Crippen molar-refractivity contribution in [2.24, 2.45) is 5.90 Å². The Hall–Kier alpha value is -0.810. The van der Waals surface area contributed by atoms with Gasteiger partial charge in [0.15, 0.2) is 0 Å². The van der Waals surface area contributed by atoms with Crippen LogP contribution < -0.4 is 11.2 Å². The number of alkyl carbamates (subject to hydrolysis) is 1. The van der Waals surface area contributed by atoms with Gasteiger partial charge in [0.25, 0.3) is 0 Å².